The zero-order valence-electron chi connectivity index (χ0n) is 30.8. The molecule has 1 heterocycles. The molecule has 4 bridgehead atoms. The Kier molecular flexibility index (Phi) is 7.88. The van der Waals surface area contributed by atoms with Gasteiger partial charge in [0.15, 0.2) is 17.5 Å². The molecule has 1 aromatic heterocycles. The van der Waals surface area contributed by atoms with Crippen LogP contribution in [0.2, 0.25) is 0 Å². The Hall–Kier alpha value is -6.94. The van der Waals surface area contributed by atoms with Crippen molar-refractivity contribution >= 4 is 10.8 Å². The van der Waals surface area contributed by atoms with Gasteiger partial charge in [0.25, 0.3) is 0 Å². The quantitative estimate of drug-likeness (QED) is 0.169. The second kappa shape index (κ2) is 13.1. The summed E-state index contributed by atoms with van der Waals surface area (Å²) in [7, 11) is 0. The fourth-order valence-corrected chi connectivity index (χ4v) is 10.9. The normalized spacial score (nSPS) is 21.9. The van der Waals surface area contributed by atoms with E-state index in [1.165, 1.54) is 12.0 Å². The molecule has 4 saturated carbocycles. The molecule has 7 aromatic rings. The first-order valence-corrected chi connectivity index (χ1v) is 19.4. The van der Waals surface area contributed by atoms with E-state index in [1.807, 2.05) is 103 Å². The number of nitriles is 3. The molecule has 4 aliphatic carbocycles. The van der Waals surface area contributed by atoms with Gasteiger partial charge in [-0.05, 0) is 101 Å². The van der Waals surface area contributed by atoms with E-state index < -0.39 is 0 Å². The third-order valence-corrected chi connectivity index (χ3v) is 12.8. The summed E-state index contributed by atoms with van der Waals surface area (Å²) in [6.45, 7) is 0. The van der Waals surface area contributed by atoms with Crippen LogP contribution >= 0.6 is 0 Å². The van der Waals surface area contributed by atoms with Crippen molar-refractivity contribution in [2.24, 2.45) is 11.8 Å². The van der Waals surface area contributed by atoms with Crippen LogP contribution in [-0.4, -0.2) is 15.0 Å². The van der Waals surface area contributed by atoms with E-state index in [1.54, 1.807) is 0 Å². The topological polar surface area (TPSA) is 110 Å². The van der Waals surface area contributed by atoms with Crippen LogP contribution in [0.4, 0.5) is 0 Å². The Morgan fingerprint density at radius 1 is 0.464 bits per heavy atom. The molecule has 0 spiro atoms. The summed E-state index contributed by atoms with van der Waals surface area (Å²) >= 11 is 0. The third kappa shape index (κ3) is 5.47. The molecule has 11 rings (SSSR count). The van der Waals surface area contributed by atoms with E-state index in [4.69, 9.17) is 15.0 Å². The van der Waals surface area contributed by atoms with Gasteiger partial charge in [-0.15, -0.1) is 0 Å². The van der Waals surface area contributed by atoms with E-state index in [-0.39, 0.29) is 10.8 Å². The molecule has 6 heteroatoms. The minimum Gasteiger partial charge on any atom is -0.208 e. The van der Waals surface area contributed by atoms with Crippen LogP contribution in [0, 0.1) is 45.8 Å². The summed E-state index contributed by atoms with van der Waals surface area (Å²) in [5, 5.41) is 33.0. The standard InChI is InChI=1S/C50H36N6/c51-28-37-13-7-15-43-41(37)14-8-16-44(43)42-19-18-40(23-38(42)29-52)49-24-32-21-33(25-49)27-50(26-32,31-49)45-20-17-36(22-39(45)30-53)48-55-46(34-9-3-1-4-10-34)54-47(56-48)35-11-5-2-6-12-35/h1-20,22-23,32-33H,21,24-27,31H2. The Morgan fingerprint density at radius 2 is 1.05 bits per heavy atom. The Balaban J connectivity index is 1.04. The van der Waals surface area contributed by atoms with Gasteiger partial charge >= 0.3 is 0 Å². The largest absolute Gasteiger partial charge is 0.208 e. The molecule has 2 atom stereocenters. The average molecular weight is 721 g/mol. The van der Waals surface area contributed by atoms with E-state index in [2.05, 4.69) is 48.5 Å². The molecule has 4 aliphatic rings. The monoisotopic (exact) mass is 720 g/mol. The lowest BCUT2D eigenvalue weighted by Crippen LogP contribution is -2.56. The second-order valence-electron chi connectivity index (χ2n) is 16.1. The predicted molar refractivity (Wildman–Crippen MR) is 218 cm³/mol. The van der Waals surface area contributed by atoms with Crippen molar-refractivity contribution in [1.82, 2.24) is 15.0 Å². The minimum atomic E-state index is -0.133. The molecular formula is C50H36N6. The van der Waals surface area contributed by atoms with E-state index in [0.29, 0.717) is 46.0 Å². The van der Waals surface area contributed by atoms with Crippen LogP contribution < -0.4 is 0 Å². The molecule has 0 saturated heterocycles. The predicted octanol–water partition coefficient (Wildman–Crippen LogP) is 11.1. The van der Waals surface area contributed by atoms with Crippen LogP contribution in [0.5, 0.6) is 0 Å². The fourth-order valence-electron chi connectivity index (χ4n) is 10.9. The number of fused-ring (bicyclic) bond motifs is 1. The summed E-state index contributed by atoms with van der Waals surface area (Å²) in [6.07, 6.45) is 6.52. The molecule has 266 valence electrons. The number of benzene rings is 6. The smallest absolute Gasteiger partial charge is 0.164 e. The highest BCUT2D eigenvalue weighted by Crippen LogP contribution is 2.66. The van der Waals surface area contributed by atoms with Crippen LogP contribution in [0.1, 0.15) is 66.3 Å². The van der Waals surface area contributed by atoms with Crippen molar-refractivity contribution < 1.29 is 0 Å². The van der Waals surface area contributed by atoms with Crippen molar-refractivity contribution in [3.63, 3.8) is 0 Å². The molecule has 0 radical (unpaired) electrons. The van der Waals surface area contributed by atoms with Crippen LogP contribution in [0.25, 0.3) is 56.1 Å². The zero-order chi connectivity index (χ0) is 37.9. The molecule has 6 aromatic carbocycles. The van der Waals surface area contributed by atoms with Gasteiger partial charge in [0.2, 0.25) is 0 Å². The second-order valence-corrected chi connectivity index (χ2v) is 16.1. The van der Waals surface area contributed by atoms with E-state index >= 15 is 0 Å². The maximum absolute atomic E-state index is 10.8. The average Bonchev–Trinajstić information content (AvgIpc) is 3.25. The van der Waals surface area contributed by atoms with Gasteiger partial charge in [-0.2, -0.15) is 15.8 Å². The Morgan fingerprint density at radius 3 is 1.70 bits per heavy atom. The van der Waals surface area contributed by atoms with E-state index in [0.717, 1.165) is 76.3 Å². The van der Waals surface area contributed by atoms with Gasteiger partial charge < -0.3 is 0 Å². The highest BCUT2D eigenvalue weighted by Gasteiger charge is 2.59. The summed E-state index contributed by atoms with van der Waals surface area (Å²) in [5.74, 6) is 2.84. The Bertz CT molecular complexity index is 2750. The van der Waals surface area contributed by atoms with Gasteiger partial charge in [0.1, 0.15) is 0 Å². The van der Waals surface area contributed by atoms with Gasteiger partial charge in [-0.1, -0.05) is 115 Å². The maximum atomic E-state index is 10.8. The number of hydrogen-bond donors (Lipinski definition) is 0. The van der Waals surface area contributed by atoms with Crippen molar-refractivity contribution in [1.29, 1.82) is 15.8 Å². The van der Waals surface area contributed by atoms with Crippen LogP contribution in [0.15, 0.2) is 133 Å². The first-order chi connectivity index (χ1) is 27.5. The lowest BCUT2D eigenvalue weighted by molar-refractivity contribution is -0.0282. The maximum Gasteiger partial charge on any atom is 0.164 e. The first kappa shape index (κ1) is 33.6. The molecule has 4 fully saturated rings. The third-order valence-electron chi connectivity index (χ3n) is 12.8. The molecule has 0 N–H and O–H groups in total. The summed E-state index contributed by atoms with van der Waals surface area (Å²) < 4.78 is 0. The fraction of sp³-hybridized carbons (Fsp3) is 0.200. The van der Waals surface area contributed by atoms with Crippen LogP contribution in [-0.2, 0) is 10.8 Å². The summed E-state index contributed by atoms with van der Waals surface area (Å²) in [4.78, 5) is 14.8. The molecule has 56 heavy (non-hydrogen) atoms. The molecule has 6 nitrogen and oxygen atoms in total. The van der Waals surface area contributed by atoms with Gasteiger partial charge in [-0.3, -0.25) is 0 Å². The lowest BCUT2D eigenvalue weighted by atomic mass is 9.41. The number of hydrogen-bond acceptors (Lipinski definition) is 6. The first-order valence-electron chi connectivity index (χ1n) is 19.4. The van der Waals surface area contributed by atoms with Crippen molar-refractivity contribution in [2.45, 2.75) is 49.4 Å². The van der Waals surface area contributed by atoms with Gasteiger partial charge in [0.05, 0.1) is 34.9 Å². The minimum absolute atomic E-state index is 0.0737. The summed E-state index contributed by atoms with van der Waals surface area (Å²) in [6, 6.07) is 52.0. The van der Waals surface area contributed by atoms with Gasteiger partial charge in [0, 0.05) is 27.6 Å². The zero-order valence-corrected chi connectivity index (χ0v) is 30.8. The number of rotatable bonds is 6. The van der Waals surface area contributed by atoms with Crippen molar-refractivity contribution in [2.75, 3.05) is 0 Å². The van der Waals surface area contributed by atoms with Crippen molar-refractivity contribution in [3.8, 4) is 63.5 Å². The summed E-state index contributed by atoms with van der Waals surface area (Å²) in [5.41, 5.74) is 8.59. The van der Waals surface area contributed by atoms with E-state index in [9.17, 15) is 15.8 Å². The number of nitrogens with zero attached hydrogens (tertiary/aromatic N) is 6. The van der Waals surface area contributed by atoms with Crippen molar-refractivity contribution in [3.05, 3.63) is 161 Å². The van der Waals surface area contributed by atoms with Gasteiger partial charge in [-0.25, -0.2) is 15.0 Å². The lowest BCUT2D eigenvalue weighted by Gasteiger charge is -2.63. The highest BCUT2D eigenvalue weighted by atomic mass is 15.0. The molecule has 0 aliphatic heterocycles. The Labute approximate surface area is 326 Å². The molecule has 2 unspecified atom stereocenters. The highest BCUT2D eigenvalue weighted by molar-refractivity contribution is 6.00. The SMILES string of the molecule is N#Cc1cc(C23CC4CC(C2)CC(c2ccc(-c5nc(-c6ccccc6)nc(-c6ccccc6)n5)cc2C#N)(C4)C3)ccc1-c1cccc2c(C#N)cccc12. The molecule has 0 amide bonds. The van der Waals surface area contributed by atoms with Crippen LogP contribution in [0.3, 0.4) is 0 Å². The molecular weight excluding hydrogens is 685 g/mol. The number of aromatic nitrogens is 3.